The molecule has 1 saturated carbocycles. The summed E-state index contributed by atoms with van der Waals surface area (Å²) in [6, 6.07) is 0.119. The molecular weight excluding hydrogens is 226 g/mol. The van der Waals surface area contributed by atoms with Crippen molar-refractivity contribution in [1.29, 1.82) is 0 Å². The number of hydrogen-bond acceptors (Lipinski definition) is 5. The third-order valence-corrected chi connectivity index (χ3v) is 2.52. The van der Waals surface area contributed by atoms with E-state index < -0.39 is 5.97 Å². The molecule has 0 aromatic carbocycles. The fourth-order valence-electron chi connectivity index (χ4n) is 1.56. The third kappa shape index (κ3) is 2.71. The van der Waals surface area contributed by atoms with Crippen molar-refractivity contribution in [2.45, 2.75) is 25.3 Å². The summed E-state index contributed by atoms with van der Waals surface area (Å²) in [5, 5.41) is 14.6. The molecule has 1 fully saturated rings. The van der Waals surface area contributed by atoms with Crippen molar-refractivity contribution in [2.24, 2.45) is 0 Å². The second-order valence-corrected chi connectivity index (χ2v) is 3.92. The van der Waals surface area contributed by atoms with Crippen LogP contribution in [-0.4, -0.2) is 49.7 Å². The van der Waals surface area contributed by atoms with Crippen molar-refractivity contribution in [2.75, 3.05) is 12.3 Å². The number of amides is 1. The van der Waals surface area contributed by atoms with E-state index in [-0.39, 0.29) is 36.7 Å². The molecule has 4 N–H and O–H groups in total. The first kappa shape index (κ1) is 11.4. The van der Waals surface area contributed by atoms with Crippen LogP contribution in [0.1, 0.15) is 29.9 Å². The van der Waals surface area contributed by atoms with Gasteiger partial charge in [0.25, 0.3) is 5.91 Å². The molecule has 2 rings (SSSR count). The van der Waals surface area contributed by atoms with Crippen LogP contribution in [0.2, 0.25) is 0 Å². The number of nitrogens with zero attached hydrogens (tertiary/aromatic N) is 3. The molecular formula is C9H13N5O3. The fraction of sp³-hybridized carbons (Fsp3) is 0.556. The maximum atomic E-state index is 12.0. The van der Waals surface area contributed by atoms with Crippen LogP contribution in [0, 0.1) is 0 Å². The summed E-state index contributed by atoms with van der Waals surface area (Å²) < 4.78 is 0. The number of carbonyl (C=O) groups is 2. The first-order valence-corrected chi connectivity index (χ1v) is 5.28. The van der Waals surface area contributed by atoms with E-state index in [0.717, 1.165) is 12.8 Å². The van der Waals surface area contributed by atoms with Crippen molar-refractivity contribution in [3.8, 4) is 0 Å². The molecule has 1 heterocycles. The fourth-order valence-corrected chi connectivity index (χ4v) is 1.56. The molecule has 0 spiro atoms. The highest BCUT2D eigenvalue weighted by molar-refractivity contribution is 5.91. The zero-order chi connectivity index (χ0) is 12.4. The van der Waals surface area contributed by atoms with Crippen molar-refractivity contribution in [1.82, 2.24) is 20.1 Å². The topological polar surface area (TPSA) is 125 Å². The number of nitrogens with two attached hydrogens (primary N) is 1. The molecule has 0 radical (unpaired) electrons. The summed E-state index contributed by atoms with van der Waals surface area (Å²) in [5.41, 5.74) is 5.31. The number of rotatable bonds is 5. The van der Waals surface area contributed by atoms with Gasteiger partial charge in [0.2, 0.25) is 11.8 Å². The average molecular weight is 239 g/mol. The maximum Gasteiger partial charge on any atom is 0.305 e. The molecule has 0 saturated heterocycles. The van der Waals surface area contributed by atoms with E-state index in [0.29, 0.717) is 0 Å². The Morgan fingerprint density at radius 2 is 2.24 bits per heavy atom. The van der Waals surface area contributed by atoms with Gasteiger partial charge < -0.3 is 15.7 Å². The SMILES string of the molecule is Nc1n[nH]c(C(=O)N(CCC(=O)O)C2CC2)n1. The van der Waals surface area contributed by atoms with E-state index in [2.05, 4.69) is 15.2 Å². The lowest BCUT2D eigenvalue weighted by Gasteiger charge is -2.19. The number of nitrogen functional groups attached to an aromatic ring is 1. The normalized spacial score (nSPS) is 14.6. The van der Waals surface area contributed by atoms with E-state index in [1.807, 2.05) is 0 Å². The van der Waals surface area contributed by atoms with Crippen LogP contribution in [-0.2, 0) is 4.79 Å². The van der Waals surface area contributed by atoms with Crippen LogP contribution >= 0.6 is 0 Å². The molecule has 1 aromatic heterocycles. The van der Waals surface area contributed by atoms with E-state index in [1.54, 1.807) is 0 Å². The second-order valence-electron chi connectivity index (χ2n) is 3.92. The molecule has 1 aromatic rings. The van der Waals surface area contributed by atoms with Gasteiger partial charge in [-0.25, -0.2) is 0 Å². The number of carbonyl (C=O) groups excluding carboxylic acids is 1. The second kappa shape index (κ2) is 4.40. The van der Waals surface area contributed by atoms with Gasteiger partial charge in [0.05, 0.1) is 6.42 Å². The zero-order valence-corrected chi connectivity index (χ0v) is 9.09. The highest BCUT2D eigenvalue weighted by Crippen LogP contribution is 2.27. The van der Waals surface area contributed by atoms with Crippen molar-refractivity contribution in [3.05, 3.63) is 5.82 Å². The smallest absolute Gasteiger partial charge is 0.305 e. The van der Waals surface area contributed by atoms with Crippen LogP contribution in [0.25, 0.3) is 0 Å². The largest absolute Gasteiger partial charge is 0.481 e. The Bertz CT molecular complexity index is 440. The molecule has 8 nitrogen and oxygen atoms in total. The molecule has 1 aliphatic carbocycles. The molecule has 0 bridgehead atoms. The lowest BCUT2D eigenvalue weighted by atomic mass is 10.3. The van der Waals surface area contributed by atoms with Gasteiger partial charge in [0.1, 0.15) is 0 Å². The number of carboxylic acid groups (broad SMARTS) is 1. The predicted octanol–water partition coefficient (Wildman–Crippen LogP) is -0.534. The number of carboxylic acids is 1. The highest BCUT2D eigenvalue weighted by atomic mass is 16.4. The van der Waals surface area contributed by atoms with Gasteiger partial charge in [-0.2, -0.15) is 4.98 Å². The van der Waals surface area contributed by atoms with E-state index in [9.17, 15) is 9.59 Å². The van der Waals surface area contributed by atoms with Gasteiger partial charge >= 0.3 is 5.97 Å². The molecule has 1 amide bonds. The van der Waals surface area contributed by atoms with Crippen molar-refractivity contribution in [3.63, 3.8) is 0 Å². The Morgan fingerprint density at radius 3 is 2.71 bits per heavy atom. The van der Waals surface area contributed by atoms with Crippen LogP contribution in [0.15, 0.2) is 0 Å². The number of nitrogens with one attached hydrogen (secondary N) is 1. The number of aromatic nitrogens is 3. The van der Waals surface area contributed by atoms with Gasteiger partial charge in [-0.1, -0.05) is 0 Å². The minimum absolute atomic E-state index is 0.00216. The van der Waals surface area contributed by atoms with Gasteiger partial charge in [-0.15, -0.1) is 5.10 Å². The number of aromatic amines is 1. The van der Waals surface area contributed by atoms with Crippen LogP contribution in [0.5, 0.6) is 0 Å². The first-order chi connectivity index (χ1) is 8.08. The number of aliphatic carboxylic acids is 1. The Kier molecular flexibility index (Phi) is 2.94. The Labute approximate surface area is 96.8 Å². The van der Waals surface area contributed by atoms with Crippen molar-refractivity contribution < 1.29 is 14.7 Å². The third-order valence-electron chi connectivity index (χ3n) is 2.52. The van der Waals surface area contributed by atoms with E-state index in [4.69, 9.17) is 10.8 Å². The first-order valence-electron chi connectivity index (χ1n) is 5.28. The number of hydrogen-bond donors (Lipinski definition) is 3. The molecule has 0 aliphatic heterocycles. The van der Waals surface area contributed by atoms with Crippen molar-refractivity contribution >= 4 is 17.8 Å². The molecule has 0 atom stereocenters. The quantitative estimate of drug-likeness (QED) is 0.634. The summed E-state index contributed by atoms with van der Waals surface area (Å²) in [6.07, 6.45) is 1.72. The number of anilines is 1. The Morgan fingerprint density at radius 1 is 1.53 bits per heavy atom. The minimum Gasteiger partial charge on any atom is -0.481 e. The van der Waals surface area contributed by atoms with Crippen LogP contribution in [0.3, 0.4) is 0 Å². The average Bonchev–Trinajstić information content (AvgIpc) is 3.00. The summed E-state index contributed by atoms with van der Waals surface area (Å²) in [7, 11) is 0. The standard InChI is InChI=1S/C9H13N5O3/c10-9-11-7(12-13-9)8(17)14(5-1-2-5)4-3-6(15)16/h5H,1-4H2,(H,15,16)(H3,10,11,12,13). The molecule has 92 valence electrons. The summed E-state index contributed by atoms with van der Waals surface area (Å²) in [6.45, 7) is 0.180. The lowest BCUT2D eigenvalue weighted by Crippen LogP contribution is -2.35. The molecule has 1 aliphatic rings. The van der Waals surface area contributed by atoms with Gasteiger partial charge in [-0.3, -0.25) is 14.7 Å². The molecule has 0 unspecified atom stereocenters. The van der Waals surface area contributed by atoms with Gasteiger partial charge in [0.15, 0.2) is 0 Å². The minimum atomic E-state index is -0.930. The van der Waals surface area contributed by atoms with Crippen LogP contribution in [0.4, 0.5) is 5.95 Å². The molecule has 17 heavy (non-hydrogen) atoms. The van der Waals surface area contributed by atoms with Gasteiger partial charge in [-0.05, 0) is 12.8 Å². The van der Waals surface area contributed by atoms with E-state index in [1.165, 1.54) is 4.90 Å². The molecule has 8 heteroatoms. The predicted molar refractivity (Wildman–Crippen MR) is 57.1 cm³/mol. The van der Waals surface area contributed by atoms with E-state index >= 15 is 0 Å². The summed E-state index contributed by atoms with van der Waals surface area (Å²) in [5.74, 6) is -1.22. The van der Waals surface area contributed by atoms with Crippen LogP contribution < -0.4 is 5.73 Å². The Hall–Kier alpha value is -2.12. The van der Waals surface area contributed by atoms with Gasteiger partial charge in [0, 0.05) is 12.6 Å². The lowest BCUT2D eigenvalue weighted by molar-refractivity contribution is -0.137. The highest BCUT2D eigenvalue weighted by Gasteiger charge is 2.34. The zero-order valence-electron chi connectivity index (χ0n) is 9.09. The number of H-pyrrole nitrogens is 1. The summed E-state index contributed by atoms with van der Waals surface area (Å²) in [4.78, 5) is 27.8. The maximum absolute atomic E-state index is 12.0. The Balaban J connectivity index is 2.05. The monoisotopic (exact) mass is 239 g/mol. The summed E-state index contributed by atoms with van der Waals surface area (Å²) >= 11 is 0.